The second kappa shape index (κ2) is 15.8. The fourth-order valence-corrected chi connectivity index (χ4v) is 8.09. The van der Waals surface area contributed by atoms with E-state index < -0.39 is 36.9 Å². The van der Waals surface area contributed by atoms with Crippen LogP contribution in [0.1, 0.15) is 78.4 Å². The van der Waals surface area contributed by atoms with Crippen LogP contribution in [-0.4, -0.2) is 54.0 Å². The summed E-state index contributed by atoms with van der Waals surface area (Å²) in [6.07, 6.45) is -2.14. The summed E-state index contributed by atoms with van der Waals surface area (Å²) >= 11 is 0. The van der Waals surface area contributed by atoms with Gasteiger partial charge >= 0.3 is 6.18 Å². The Morgan fingerprint density at radius 2 is 1.35 bits per heavy atom. The third-order valence-electron chi connectivity index (χ3n) is 10.8. The molecule has 0 bridgehead atoms. The number of unbranched alkanes of at least 4 members (excludes halogenated alkanes) is 1. The minimum absolute atomic E-state index is 0.00514. The number of halogens is 5. The zero-order valence-corrected chi connectivity index (χ0v) is 28.9. The first-order valence-corrected chi connectivity index (χ1v) is 17.9. The van der Waals surface area contributed by atoms with Crippen LogP contribution < -0.4 is 5.48 Å². The highest BCUT2D eigenvalue weighted by molar-refractivity contribution is 6.03. The number of carbonyl (C=O) groups excluding carboxylic acids is 2. The Morgan fingerprint density at radius 1 is 0.769 bits per heavy atom. The Hall–Kier alpha value is -4.25. The monoisotopic (exact) mass is 718 g/mol. The Balaban J connectivity index is 1.05. The zero-order valence-electron chi connectivity index (χ0n) is 28.9. The third-order valence-corrected chi connectivity index (χ3v) is 10.8. The van der Waals surface area contributed by atoms with Crippen molar-refractivity contribution < 1.29 is 36.7 Å². The molecule has 0 radical (unpaired) electrons. The Kier molecular flexibility index (Phi) is 11.4. The highest BCUT2D eigenvalue weighted by Crippen LogP contribution is 2.52. The molecule has 0 saturated carbocycles. The summed E-state index contributed by atoms with van der Waals surface area (Å²) in [5, 5.41) is 8.73. The van der Waals surface area contributed by atoms with Crippen molar-refractivity contribution in [3.8, 4) is 22.3 Å². The third kappa shape index (κ3) is 8.04. The maximum absolute atomic E-state index is 14.2. The summed E-state index contributed by atoms with van der Waals surface area (Å²) in [4.78, 5) is 29.8. The molecule has 52 heavy (non-hydrogen) atoms. The van der Waals surface area contributed by atoms with Crippen molar-refractivity contribution in [3.05, 3.63) is 119 Å². The zero-order chi connectivity index (χ0) is 36.9. The van der Waals surface area contributed by atoms with Gasteiger partial charge in [0.05, 0.1) is 18.4 Å². The summed E-state index contributed by atoms with van der Waals surface area (Å²) in [5.41, 5.74) is 5.48. The second-order valence-corrected chi connectivity index (χ2v) is 14.1. The minimum atomic E-state index is -4.41. The highest BCUT2D eigenvalue weighted by Gasteiger charge is 2.48. The first kappa shape index (κ1) is 37.5. The van der Waals surface area contributed by atoms with E-state index in [2.05, 4.69) is 4.90 Å². The van der Waals surface area contributed by atoms with Crippen LogP contribution in [0.25, 0.3) is 22.3 Å². The lowest BCUT2D eigenvalue weighted by atomic mass is 9.70. The van der Waals surface area contributed by atoms with Crippen LogP contribution in [0.2, 0.25) is 0 Å². The van der Waals surface area contributed by atoms with E-state index in [-0.39, 0.29) is 23.0 Å². The van der Waals surface area contributed by atoms with Gasteiger partial charge in [-0.1, -0.05) is 103 Å². The van der Waals surface area contributed by atoms with Crippen molar-refractivity contribution >= 4 is 11.6 Å². The molecule has 6 rings (SSSR count). The van der Waals surface area contributed by atoms with Crippen molar-refractivity contribution in [1.82, 2.24) is 10.4 Å². The number of Topliss-reactive ketones (excluding diaryl/α,β-unsaturated/α-hetero) is 2. The van der Waals surface area contributed by atoms with Crippen LogP contribution in [0.5, 0.6) is 0 Å². The number of piperidine rings is 1. The fourth-order valence-electron chi connectivity index (χ4n) is 8.09. The van der Waals surface area contributed by atoms with Gasteiger partial charge in [0.15, 0.2) is 5.78 Å². The number of fused-ring (bicyclic) bond motifs is 3. The number of nitrogens with zero attached hydrogens (tertiary/aromatic N) is 1. The van der Waals surface area contributed by atoms with Crippen molar-refractivity contribution in [2.75, 3.05) is 26.2 Å². The summed E-state index contributed by atoms with van der Waals surface area (Å²) in [7, 11) is 0. The molecule has 4 aromatic rings. The predicted octanol–water partition coefficient (Wildman–Crippen LogP) is 9.76. The Labute approximate surface area is 300 Å². The molecule has 1 aliphatic carbocycles. The molecule has 5 nitrogen and oxygen atoms in total. The topological polar surface area (TPSA) is 69.6 Å². The van der Waals surface area contributed by atoms with Gasteiger partial charge in [-0.25, -0.2) is 0 Å². The first-order chi connectivity index (χ1) is 24.9. The van der Waals surface area contributed by atoms with Gasteiger partial charge in [-0.2, -0.15) is 27.4 Å². The molecule has 1 aliphatic heterocycles. The smallest absolute Gasteiger partial charge is 0.317 e. The van der Waals surface area contributed by atoms with Gasteiger partial charge in [-0.3, -0.25) is 9.59 Å². The van der Waals surface area contributed by atoms with Crippen LogP contribution in [-0.2, 0) is 16.1 Å². The van der Waals surface area contributed by atoms with Gasteiger partial charge < -0.3 is 10.1 Å². The average molecular weight is 719 g/mol. The Morgan fingerprint density at radius 3 is 1.94 bits per heavy atom. The van der Waals surface area contributed by atoms with Gasteiger partial charge in [-0.05, 0) is 84.6 Å². The molecule has 0 atom stereocenters. The van der Waals surface area contributed by atoms with Crippen molar-refractivity contribution in [3.63, 3.8) is 0 Å². The molecule has 1 saturated heterocycles. The molecule has 0 amide bonds. The number of carbonyl (C=O) groups is 2. The number of ketones is 2. The molecule has 1 heterocycles. The van der Waals surface area contributed by atoms with Crippen LogP contribution in [0.3, 0.4) is 0 Å². The van der Waals surface area contributed by atoms with Gasteiger partial charge in [-0.15, -0.1) is 0 Å². The SMILES string of the molecule is O=C(CC1CCN(CCCCC2(C(=O)CCC(F)(F)F)c3ccccc3-c3ccccc32)CC1)c1ccccc1-c1ccc(C(F)(F)CNO)cc1. The molecule has 2 aliphatic rings. The molecular formula is C42H43F5N2O3. The molecule has 2 N–H and O–H groups in total. The second-order valence-electron chi connectivity index (χ2n) is 14.1. The van der Waals surface area contributed by atoms with E-state index in [1.54, 1.807) is 24.3 Å². The number of likely N-dealkylation sites (tertiary alicyclic amines) is 1. The van der Waals surface area contributed by atoms with E-state index >= 15 is 0 Å². The quantitative estimate of drug-likeness (QED) is 0.0555. The molecular weight excluding hydrogens is 675 g/mol. The minimum Gasteiger partial charge on any atom is -0.317 e. The van der Waals surface area contributed by atoms with E-state index in [4.69, 9.17) is 5.21 Å². The first-order valence-electron chi connectivity index (χ1n) is 17.9. The number of alkyl halides is 5. The van der Waals surface area contributed by atoms with E-state index in [0.29, 0.717) is 36.0 Å². The molecule has 4 aromatic carbocycles. The number of hydroxylamine groups is 1. The number of benzene rings is 4. The highest BCUT2D eigenvalue weighted by atomic mass is 19.4. The lowest BCUT2D eigenvalue weighted by Gasteiger charge is -2.33. The maximum atomic E-state index is 14.2. The summed E-state index contributed by atoms with van der Waals surface area (Å²) in [6, 6.07) is 28.1. The van der Waals surface area contributed by atoms with Gasteiger partial charge in [0.2, 0.25) is 0 Å². The van der Waals surface area contributed by atoms with Gasteiger partial charge in [0.1, 0.15) is 5.78 Å². The van der Waals surface area contributed by atoms with Crippen LogP contribution >= 0.6 is 0 Å². The van der Waals surface area contributed by atoms with Crippen LogP contribution in [0.15, 0.2) is 97.1 Å². The van der Waals surface area contributed by atoms with E-state index in [1.807, 2.05) is 60.7 Å². The number of rotatable bonds is 15. The van der Waals surface area contributed by atoms with Crippen LogP contribution in [0, 0.1) is 5.92 Å². The number of nitrogens with one attached hydrogen (secondary N) is 1. The maximum Gasteiger partial charge on any atom is 0.389 e. The lowest BCUT2D eigenvalue weighted by Crippen LogP contribution is -2.37. The van der Waals surface area contributed by atoms with E-state index in [0.717, 1.165) is 61.2 Å². The normalized spacial score (nSPS) is 16.0. The summed E-state index contributed by atoms with van der Waals surface area (Å²) in [5.74, 6) is -3.42. The van der Waals surface area contributed by atoms with Crippen LogP contribution in [0.4, 0.5) is 22.0 Å². The fraction of sp³-hybridized carbons (Fsp3) is 0.381. The summed E-state index contributed by atoms with van der Waals surface area (Å²) in [6.45, 7) is 1.53. The predicted molar refractivity (Wildman–Crippen MR) is 190 cm³/mol. The molecule has 10 heteroatoms. The average Bonchev–Trinajstić information content (AvgIpc) is 3.43. The molecule has 1 fully saturated rings. The van der Waals surface area contributed by atoms with E-state index in [1.165, 1.54) is 17.6 Å². The molecule has 0 unspecified atom stereocenters. The molecule has 0 spiro atoms. The largest absolute Gasteiger partial charge is 0.389 e. The lowest BCUT2D eigenvalue weighted by molar-refractivity contribution is -0.145. The number of hydrogen-bond acceptors (Lipinski definition) is 5. The van der Waals surface area contributed by atoms with E-state index in [9.17, 15) is 31.5 Å². The van der Waals surface area contributed by atoms with Gasteiger partial charge in [0, 0.05) is 24.0 Å². The van der Waals surface area contributed by atoms with Gasteiger partial charge in [0.25, 0.3) is 5.92 Å². The summed E-state index contributed by atoms with van der Waals surface area (Å²) < 4.78 is 68.2. The van der Waals surface area contributed by atoms with Crippen molar-refractivity contribution in [2.45, 2.75) is 68.9 Å². The van der Waals surface area contributed by atoms with Crippen molar-refractivity contribution in [2.24, 2.45) is 5.92 Å². The standard InChI is InChI=1S/C42H43F5N2O3/c43-41(44,28-48-52)31-17-15-30(16-18-31)32-9-1-2-12-35(32)38(50)27-29-20-25-49(26-21-29)24-8-7-22-40(39(51)19-23-42(45,46)47)36-13-5-3-10-33(36)34-11-4-6-14-37(34)40/h1-6,9-18,29,48,52H,7-8,19-28H2. The van der Waals surface area contributed by atoms with Crippen molar-refractivity contribution in [1.29, 1.82) is 0 Å². The molecule has 274 valence electrons. The molecule has 0 aromatic heterocycles. The Bertz CT molecular complexity index is 1820. The number of hydrogen-bond donors (Lipinski definition) is 2.